The second-order valence-corrected chi connectivity index (χ2v) is 8.09. The van der Waals surface area contributed by atoms with E-state index >= 15 is 0 Å². The van der Waals surface area contributed by atoms with E-state index in [2.05, 4.69) is 20.4 Å². The maximum Gasteiger partial charge on any atom is 0.306 e. The molecule has 0 aromatic rings. The topological polar surface area (TPSA) is 94.8 Å². The van der Waals surface area contributed by atoms with Crippen molar-refractivity contribution in [3.63, 3.8) is 0 Å². The van der Waals surface area contributed by atoms with Crippen LogP contribution in [0.5, 0.6) is 0 Å². The van der Waals surface area contributed by atoms with Gasteiger partial charge in [-0.05, 0) is 44.9 Å². The minimum Gasteiger partial charge on any atom is -0.481 e. The number of unbranched alkanes of at least 4 members (excludes halogenated alkanes) is 8. The quantitative estimate of drug-likeness (QED) is 0.101. The zero-order valence-corrected chi connectivity index (χ0v) is 24.6. The van der Waals surface area contributed by atoms with Crippen LogP contribution in [0.2, 0.25) is 0 Å². The van der Waals surface area contributed by atoms with Crippen LogP contribution in [-0.2, 0) is 29.1 Å². The van der Waals surface area contributed by atoms with Crippen molar-refractivity contribution in [1.82, 2.24) is 0 Å². The summed E-state index contributed by atoms with van der Waals surface area (Å²) in [6.45, 7) is 12.0. The van der Waals surface area contributed by atoms with E-state index in [0.717, 1.165) is 64.2 Å². The molecule has 0 fully saturated rings. The van der Waals surface area contributed by atoms with Gasteiger partial charge in [0.25, 0.3) is 0 Å². The fraction of sp³-hybridized carbons (Fsp3) is 0.846. The average molecular weight is 510 g/mol. The molecule has 3 N–H and O–H groups in total. The van der Waals surface area contributed by atoms with Crippen LogP contribution in [0.4, 0.5) is 0 Å². The Morgan fingerprint density at radius 2 is 1.09 bits per heavy atom. The summed E-state index contributed by atoms with van der Waals surface area (Å²) in [4.78, 5) is 20.9. The summed E-state index contributed by atoms with van der Waals surface area (Å²) in [6.07, 6.45) is 17.9. The number of carboxylic acids is 2. The minimum atomic E-state index is -0.643. The van der Waals surface area contributed by atoms with E-state index in [9.17, 15) is 9.59 Å². The fourth-order valence-electron chi connectivity index (χ4n) is 3.01. The molecule has 0 aliphatic carbocycles. The van der Waals surface area contributed by atoms with Crippen molar-refractivity contribution in [1.29, 1.82) is 0 Å². The molecule has 0 spiro atoms. The van der Waals surface area contributed by atoms with Gasteiger partial charge in [0.2, 0.25) is 0 Å². The molecular formula is C26H52O5Zn. The van der Waals surface area contributed by atoms with Crippen molar-refractivity contribution in [3.05, 3.63) is 12.7 Å². The predicted octanol–water partition coefficient (Wildman–Crippen LogP) is 7.47. The van der Waals surface area contributed by atoms with Crippen LogP contribution in [0.3, 0.4) is 0 Å². The molecule has 6 heteroatoms. The van der Waals surface area contributed by atoms with Gasteiger partial charge in [0.15, 0.2) is 0 Å². The maximum atomic E-state index is 10.4. The molecule has 2 atom stereocenters. The fourth-order valence-corrected chi connectivity index (χ4v) is 3.01. The van der Waals surface area contributed by atoms with E-state index in [1.165, 1.54) is 32.1 Å². The van der Waals surface area contributed by atoms with Gasteiger partial charge >= 0.3 is 11.9 Å². The SMILES string of the molecule is C=CCCCCCCCCO.CCCCC(CC)C(=O)O.CCCCC(CC)C(=O)O.[Zn]. The third-order valence-electron chi connectivity index (χ3n) is 5.31. The summed E-state index contributed by atoms with van der Waals surface area (Å²) < 4.78 is 0. The van der Waals surface area contributed by atoms with E-state index in [-0.39, 0.29) is 31.3 Å². The molecule has 32 heavy (non-hydrogen) atoms. The second kappa shape index (κ2) is 32.4. The molecule has 5 nitrogen and oxygen atoms in total. The van der Waals surface area contributed by atoms with E-state index in [1.54, 1.807) is 0 Å². The molecule has 0 rings (SSSR count). The number of carbonyl (C=O) groups is 2. The van der Waals surface area contributed by atoms with Crippen molar-refractivity contribution in [2.45, 2.75) is 124 Å². The Morgan fingerprint density at radius 1 is 0.719 bits per heavy atom. The molecule has 0 aromatic heterocycles. The Labute approximate surface area is 211 Å². The first-order chi connectivity index (χ1) is 14.9. The van der Waals surface area contributed by atoms with Gasteiger partial charge in [0, 0.05) is 26.1 Å². The van der Waals surface area contributed by atoms with Crippen LogP contribution in [0, 0.1) is 11.8 Å². The summed E-state index contributed by atoms with van der Waals surface area (Å²) in [6, 6.07) is 0. The van der Waals surface area contributed by atoms with E-state index < -0.39 is 11.9 Å². The average Bonchev–Trinajstić information content (AvgIpc) is 2.75. The van der Waals surface area contributed by atoms with Crippen LogP contribution in [0.15, 0.2) is 12.7 Å². The second-order valence-electron chi connectivity index (χ2n) is 8.09. The van der Waals surface area contributed by atoms with Crippen LogP contribution >= 0.6 is 0 Å². The predicted molar refractivity (Wildman–Crippen MR) is 131 cm³/mol. The monoisotopic (exact) mass is 508 g/mol. The molecule has 0 saturated carbocycles. The Balaban J connectivity index is -0.000000181. The van der Waals surface area contributed by atoms with Crippen LogP contribution in [0.25, 0.3) is 0 Å². The molecule has 0 bridgehead atoms. The van der Waals surface area contributed by atoms with Gasteiger partial charge in [-0.1, -0.05) is 85.1 Å². The van der Waals surface area contributed by atoms with Gasteiger partial charge < -0.3 is 15.3 Å². The minimum absolute atomic E-state index is 0. The normalized spacial score (nSPS) is 11.5. The zero-order valence-electron chi connectivity index (χ0n) is 21.6. The Morgan fingerprint density at radius 3 is 1.38 bits per heavy atom. The molecule has 0 aliphatic rings. The smallest absolute Gasteiger partial charge is 0.306 e. The number of aliphatic carboxylic acids is 2. The van der Waals surface area contributed by atoms with Crippen LogP contribution in [-0.4, -0.2) is 33.9 Å². The summed E-state index contributed by atoms with van der Waals surface area (Å²) in [5.41, 5.74) is 0. The Bertz CT molecular complexity index is 376. The zero-order chi connectivity index (χ0) is 24.3. The van der Waals surface area contributed by atoms with Gasteiger partial charge in [0.05, 0.1) is 11.8 Å². The summed E-state index contributed by atoms with van der Waals surface area (Å²) in [5, 5.41) is 25.7. The van der Waals surface area contributed by atoms with Gasteiger partial charge in [-0.2, -0.15) is 0 Å². The first-order valence-electron chi connectivity index (χ1n) is 12.5. The van der Waals surface area contributed by atoms with Gasteiger partial charge in [0.1, 0.15) is 0 Å². The van der Waals surface area contributed by atoms with Crippen LogP contribution in [0.1, 0.15) is 124 Å². The summed E-state index contributed by atoms with van der Waals surface area (Å²) >= 11 is 0. The number of aliphatic hydroxyl groups excluding tert-OH is 1. The molecule has 0 amide bonds. The molecule has 188 valence electrons. The molecule has 0 saturated heterocycles. The first-order valence-corrected chi connectivity index (χ1v) is 12.5. The third-order valence-corrected chi connectivity index (χ3v) is 5.31. The molecule has 0 heterocycles. The van der Waals surface area contributed by atoms with Crippen LogP contribution < -0.4 is 0 Å². The number of aliphatic hydroxyl groups is 1. The van der Waals surface area contributed by atoms with E-state index in [1.807, 2.05) is 19.9 Å². The summed E-state index contributed by atoms with van der Waals surface area (Å²) in [7, 11) is 0. The maximum absolute atomic E-state index is 10.4. The number of rotatable bonds is 18. The number of allylic oxidation sites excluding steroid dienone is 1. The Hall–Kier alpha value is -0.737. The Kier molecular flexibility index (Phi) is 39.1. The standard InChI is InChI=1S/C10H20O.2C8H16O2.Zn/c1-2-3-4-5-6-7-8-9-10-11;2*1-3-5-6-7(4-2)8(9)10;/h2,11H,1,3-10H2;2*7H,3-6H2,1-2H3,(H,9,10);. The van der Waals surface area contributed by atoms with Crippen molar-refractivity contribution in [2.75, 3.05) is 6.61 Å². The van der Waals surface area contributed by atoms with Crippen molar-refractivity contribution < 1.29 is 44.4 Å². The summed E-state index contributed by atoms with van der Waals surface area (Å²) in [5.74, 6) is -1.51. The molecule has 0 aromatic carbocycles. The van der Waals surface area contributed by atoms with E-state index in [4.69, 9.17) is 15.3 Å². The third kappa shape index (κ3) is 31.4. The molecular weight excluding hydrogens is 458 g/mol. The van der Waals surface area contributed by atoms with Crippen molar-refractivity contribution in [2.24, 2.45) is 11.8 Å². The van der Waals surface area contributed by atoms with E-state index in [0.29, 0.717) is 6.61 Å². The van der Waals surface area contributed by atoms with Crippen molar-refractivity contribution in [3.8, 4) is 0 Å². The van der Waals surface area contributed by atoms with Gasteiger partial charge in [-0.15, -0.1) is 6.58 Å². The molecule has 0 aliphatic heterocycles. The molecule has 2 unspecified atom stereocenters. The van der Waals surface area contributed by atoms with Gasteiger partial charge in [-0.3, -0.25) is 9.59 Å². The number of hydrogen-bond acceptors (Lipinski definition) is 3. The number of carboxylic acid groups (broad SMARTS) is 2. The van der Waals surface area contributed by atoms with Crippen molar-refractivity contribution >= 4 is 11.9 Å². The number of hydrogen-bond donors (Lipinski definition) is 3. The van der Waals surface area contributed by atoms with Gasteiger partial charge in [-0.25, -0.2) is 0 Å². The molecule has 0 radical (unpaired) electrons. The largest absolute Gasteiger partial charge is 0.481 e. The first kappa shape index (κ1) is 38.5.